The Morgan fingerprint density at radius 1 is 0.973 bits per heavy atom. The summed E-state index contributed by atoms with van der Waals surface area (Å²) in [5, 5.41) is 3.71. The second-order valence-electron chi connectivity index (χ2n) is 20.9. The zero-order valence-corrected chi connectivity index (χ0v) is 43.1. The molecule has 1 amide bonds. The van der Waals surface area contributed by atoms with Gasteiger partial charge in [0.2, 0.25) is 5.88 Å². The number of oxazole rings is 1. The number of carbonyl (C=O) groups excluding carboxylic acids is 1. The number of pyridine rings is 2. The van der Waals surface area contributed by atoms with Crippen molar-refractivity contribution in [1.29, 1.82) is 0 Å². The molecular formula is C55H62F2N10O7S. The van der Waals surface area contributed by atoms with E-state index in [9.17, 15) is 13.2 Å². The molecule has 7 heterocycles. The number of aromatic nitrogens is 4. The number of carbonyl (C=O) groups is 1. The van der Waals surface area contributed by atoms with Crippen molar-refractivity contribution in [2.24, 2.45) is 5.41 Å². The second-order valence-corrected chi connectivity index (χ2v) is 22.6. The van der Waals surface area contributed by atoms with Gasteiger partial charge in [0.25, 0.3) is 15.9 Å². The molecule has 0 radical (unpaired) electrons. The summed E-state index contributed by atoms with van der Waals surface area (Å²) in [5.74, 6) is -0.718. The molecule has 4 aromatic heterocycles. The summed E-state index contributed by atoms with van der Waals surface area (Å²) in [6.45, 7) is 9.65. The van der Waals surface area contributed by atoms with Gasteiger partial charge in [0.1, 0.15) is 44.7 Å². The lowest BCUT2D eigenvalue weighted by Gasteiger charge is -2.58. The lowest BCUT2D eigenvalue weighted by molar-refractivity contribution is -0.0628. The number of nitrogens with one attached hydrogen (secondary N) is 3. The summed E-state index contributed by atoms with van der Waals surface area (Å²) < 4.78 is 85.1. The maximum atomic E-state index is 16.7. The van der Waals surface area contributed by atoms with Gasteiger partial charge in [-0.1, -0.05) is 44.2 Å². The number of amides is 1. The number of nitrogens with two attached hydrogens (primary N) is 1. The molecule has 4 fully saturated rings. The van der Waals surface area contributed by atoms with Gasteiger partial charge in [0.05, 0.1) is 30.2 Å². The number of benzene rings is 3. The van der Waals surface area contributed by atoms with Gasteiger partial charge in [0.15, 0.2) is 12.0 Å². The molecule has 7 aromatic rings. The predicted molar refractivity (Wildman–Crippen MR) is 281 cm³/mol. The molecule has 0 bridgehead atoms. The minimum atomic E-state index is -4.75. The molecular weight excluding hydrogens is 983 g/mol. The molecule has 3 saturated heterocycles. The highest BCUT2D eigenvalue weighted by Gasteiger charge is 2.50. The largest absolute Gasteiger partial charge is 0.481 e. The molecule has 3 aliphatic heterocycles. The Morgan fingerprint density at radius 3 is 2.53 bits per heavy atom. The highest BCUT2D eigenvalue weighted by atomic mass is 32.2. The van der Waals surface area contributed by atoms with Gasteiger partial charge in [-0.3, -0.25) is 14.6 Å². The number of piperazine rings is 1. The SMILES string of the molecule is COc1ccc(CN2CCN(C3CC4(CCN(c5cc(Oc6cnc7[nH]ccc7c6)c(C(=O)NS(=O)(=O)c6cc(N)c(NCC7(F)CCOCC7)c7ocnc67)cc5F)CC4)C3)[C@H](c3ccccc3C(C)C)C2)cn1. The van der Waals surface area contributed by atoms with Gasteiger partial charge >= 0.3 is 0 Å². The number of sulfonamides is 1. The number of nitrogen functional groups attached to an aromatic ring is 1. The van der Waals surface area contributed by atoms with Gasteiger partial charge in [-0.05, 0) is 78.0 Å². The number of methoxy groups -OCH3 is 1. The molecule has 1 spiro atoms. The van der Waals surface area contributed by atoms with Crippen LogP contribution < -0.4 is 30.1 Å². The molecule has 0 unspecified atom stereocenters. The summed E-state index contributed by atoms with van der Waals surface area (Å²) in [6.07, 6.45) is 10.3. The number of hydrogen-bond acceptors (Lipinski definition) is 15. The van der Waals surface area contributed by atoms with Crippen molar-refractivity contribution in [3.05, 3.63) is 120 Å². The predicted octanol–water partition coefficient (Wildman–Crippen LogP) is 9.10. The van der Waals surface area contributed by atoms with Gasteiger partial charge in [0, 0.05) is 114 Å². The van der Waals surface area contributed by atoms with Crippen LogP contribution in [0.3, 0.4) is 0 Å². The van der Waals surface area contributed by atoms with E-state index in [1.807, 2.05) is 23.2 Å². The number of H-pyrrole nitrogens is 1. The minimum absolute atomic E-state index is 0.0412. The Balaban J connectivity index is 0.811. The van der Waals surface area contributed by atoms with Crippen LogP contribution >= 0.6 is 0 Å². The fourth-order valence-electron chi connectivity index (χ4n) is 11.7. The maximum Gasteiger partial charge on any atom is 0.268 e. The molecule has 1 atom stereocenters. The van der Waals surface area contributed by atoms with Crippen LogP contribution in [0.1, 0.15) is 91.4 Å². The Hall–Kier alpha value is -6.87. The first-order valence-electron chi connectivity index (χ1n) is 25.7. The molecule has 5 N–H and O–H groups in total. The summed E-state index contributed by atoms with van der Waals surface area (Å²) in [7, 11) is -3.12. The smallest absolute Gasteiger partial charge is 0.268 e. The Kier molecular flexibility index (Phi) is 13.6. The van der Waals surface area contributed by atoms with Crippen molar-refractivity contribution in [3.63, 3.8) is 0 Å². The summed E-state index contributed by atoms with van der Waals surface area (Å²) in [5.41, 5.74) is 9.16. The highest BCUT2D eigenvalue weighted by Crippen LogP contribution is 2.54. The van der Waals surface area contributed by atoms with Crippen LogP contribution in [0, 0.1) is 11.2 Å². The molecule has 4 aliphatic rings. The number of nitrogens with zero attached hydrogens (tertiary/aromatic N) is 6. The van der Waals surface area contributed by atoms with E-state index >= 15 is 8.78 Å². The van der Waals surface area contributed by atoms with Crippen molar-refractivity contribution in [3.8, 4) is 17.4 Å². The van der Waals surface area contributed by atoms with Crippen LogP contribution in [0.15, 0.2) is 101 Å². The molecule has 75 heavy (non-hydrogen) atoms. The number of anilines is 3. The fourth-order valence-corrected chi connectivity index (χ4v) is 12.8. The zero-order chi connectivity index (χ0) is 52.1. The average molecular weight is 1050 g/mol. The lowest BCUT2D eigenvalue weighted by Crippen LogP contribution is -2.60. The Labute approximate surface area is 434 Å². The van der Waals surface area contributed by atoms with Crippen molar-refractivity contribution in [2.45, 2.75) is 87.5 Å². The topological polar surface area (TPSA) is 206 Å². The molecule has 20 heteroatoms. The van der Waals surface area contributed by atoms with Crippen LogP contribution in [-0.2, 0) is 21.3 Å². The van der Waals surface area contributed by atoms with Crippen molar-refractivity contribution in [1.82, 2.24) is 34.5 Å². The van der Waals surface area contributed by atoms with Crippen LogP contribution in [-0.4, -0.2) is 115 Å². The van der Waals surface area contributed by atoms with Gasteiger partial charge < -0.3 is 39.6 Å². The molecule has 17 nitrogen and oxygen atoms in total. The normalized spacial score (nSPS) is 19.4. The highest BCUT2D eigenvalue weighted by molar-refractivity contribution is 7.90. The molecule has 1 aliphatic carbocycles. The van der Waals surface area contributed by atoms with E-state index in [-0.39, 0.29) is 89.3 Å². The van der Waals surface area contributed by atoms with Crippen LogP contribution in [0.2, 0.25) is 0 Å². The molecule has 11 rings (SSSR count). The summed E-state index contributed by atoms with van der Waals surface area (Å²) in [6, 6.07) is 20.6. The third-order valence-corrected chi connectivity index (χ3v) is 17.2. The third-order valence-electron chi connectivity index (χ3n) is 15.9. The Morgan fingerprint density at radius 2 is 1.77 bits per heavy atom. The summed E-state index contributed by atoms with van der Waals surface area (Å²) in [4.78, 5) is 37.1. The molecule has 1 saturated carbocycles. The number of piperidine rings is 1. The van der Waals surface area contributed by atoms with Gasteiger partial charge in [-0.25, -0.2) is 36.9 Å². The Bertz CT molecular complexity index is 3330. The average Bonchev–Trinajstić information content (AvgIpc) is 4.09. The van der Waals surface area contributed by atoms with Crippen molar-refractivity contribution in [2.75, 3.05) is 75.5 Å². The zero-order valence-electron chi connectivity index (χ0n) is 42.3. The van der Waals surface area contributed by atoms with E-state index in [4.69, 9.17) is 24.4 Å². The van der Waals surface area contributed by atoms with E-state index in [1.165, 1.54) is 23.4 Å². The number of aromatic amines is 1. The van der Waals surface area contributed by atoms with E-state index in [0.717, 1.165) is 81.3 Å². The maximum absolute atomic E-state index is 16.7. The molecule has 3 aromatic carbocycles. The first kappa shape index (κ1) is 50.3. The van der Waals surface area contributed by atoms with E-state index in [1.54, 1.807) is 19.4 Å². The van der Waals surface area contributed by atoms with Gasteiger partial charge in [-0.15, -0.1) is 0 Å². The number of ether oxygens (including phenoxy) is 3. The van der Waals surface area contributed by atoms with E-state index < -0.39 is 32.3 Å². The standard InChI is InChI=1S/C55H62F2N10O7S/c1-34(2)39-6-4-5-7-40(39)45-31-65(30-35-8-9-48(71-3)60-28-35)18-19-67(45)37-26-54(27-37)11-16-66(17-12-54)44-25-46(74-38-22-36-10-15-59-52(36)61-29-38)41(23-42(44)56)53(68)64-75(69,70)47-24-43(58)49(51-50(47)63-33-73-51)62-32-55(57)13-20-72-21-14-55/h4-10,15,22-25,28-29,33-34,37,45,62H,11-14,16-21,26-27,30-32,58H2,1-3H3,(H,59,61)(H,64,68)/t45-/m0/s1. The van der Waals surface area contributed by atoms with Crippen molar-refractivity contribution < 1.29 is 40.6 Å². The first-order chi connectivity index (χ1) is 36.2. The van der Waals surface area contributed by atoms with Gasteiger partial charge in [-0.2, -0.15) is 0 Å². The quantitative estimate of drug-likeness (QED) is 0.0707. The third kappa shape index (κ3) is 10.2. The lowest BCUT2D eigenvalue weighted by atomic mass is 9.59. The second kappa shape index (κ2) is 20.3. The van der Waals surface area contributed by atoms with Crippen LogP contribution in [0.5, 0.6) is 17.4 Å². The minimum Gasteiger partial charge on any atom is -0.481 e. The van der Waals surface area contributed by atoms with Crippen LogP contribution in [0.4, 0.5) is 25.8 Å². The molecule has 394 valence electrons. The number of fused-ring (bicyclic) bond motifs is 2. The first-order valence-corrected chi connectivity index (χ1v) is 27.1. The summed E-state index contributed by atoms with van der Waals surface area (Å²) >= 11 is 0. The van der Waals surface area contributed by atoms with Crippen molar-refractivity contribution >= 4 is 55.1 Å². The van der Waals surface area contributed by atoms with Crippen LogP contribution in [0.25, 0.3) is 22.1 Å². The monoisotopic (exact) mass is 1040 g/mol. The van der Waals surface area contributed by atoms with E-state index in [2.05, 4.69) is 84.0 Å². The number of alkyl halides is 1. The number of hydrogen-bond donors (Lipinski definition) is 4. The number of rotatable bonds is 15. The fraction of sp³-hybridized carbons (Fsp3) is 0.418. The van der Waals surface area contributed by atoms with E-state index in [0.29, 0.717) is 36.6 Å². The number of halogens is 2.